The van der Waals surface area contributed by atoms with Crippen molar-refractivity contribution in [2.75, 3.05) is 0 Å². The molecule has 0 nitrogen and oxygen atoms in total. The Morgan fingerprint density at radius 3 is 3.06 bits per heavy atom. The molecule has 0 heterocycles. The molecule has 0 aromatic heterocycles. The molecule has 0 bridgehead atoms. The highest BCUT2D eigenvalue weighted by molar-refractivity contribution is 5.35. The van der Waals surface area contributed by atoms with Gasteiger partial charge in [0.25, 0.3) is 0 Å². The highest BCUT2D eigenvalue weighted by Gasteiger charge is 2.50. The van der Waals surface area contributed by atoms with Crippen LogP contribution in [0.25, 0.3) is 0 Å². The second kappa shape index (κ2) is 3.85. The summed E-state index contributed by atoms with van der Waals surface area (Å²) < 4.78 is 0. The normalized spacial score (nSPS) is 49.3. The molecule has 0 N–H and O–H groups in total. The minimum atomic E-state index is 0.672. The van der Waals surface area contributed by atoms with Crippen LogP contribution in [0.1, 0.15) is 45.4 Å². The van der Waals surface area contributed by atoms with Crippen molar-refractivity contribution in [3.8, 4) is 0 Å². The van der Waals surface area contributed by atoms with Gasteiger partial charge in [-0.05, 0) is 60.8 Å². The van der Waals surface area contributed by atoms with Gasteiger partial charge < -0.3 is 0 Å². The van der Waals surface area contributed by atoms with E-state index in [1.54, 1.807) is 5.57 Å². The van der Waals surface area contributed by atoms with Crippen LogP contribution >= 0.6 is 0 Å². The van der Waals surface area contributed by atoms with Gasteiger partial charge in [-0.1, -0.05) is 43.7 Å². The SMILES string of the molecule is C[C@@]12CCC[C@H]1[C@@H]1C=CC3=CCC=C[C@@H]3[C@H]1CC2. The van der Waals surface area contributed by atoms with Crippen molar-refractivity contribution in [3.63, 3.8) is 0 Å². The molecule has 96 valence electrons. The maximum absolute atomic E-state index is 2.58. The van der Waals surface area contributed by atoms with Crippen LogP contribution in [0, 0.1) is 29.1 Å². The molecule has 4 rings (SSSR count). The molecule has 4 aliphatic rings. The van der Waals surface area contributed by atoms with Crippen molar-refractivity contribution in [2.24, 2.45) is 29.1 Å². The first-order chi connectivity index (χ1) is 8.78. The third kappa shape index (κ3) is 1.44. The molecule has 4 aliphatic carbocycles. The van der Waals surface area contributed by atoms with Gasteiger partial charge in [-0.25, -0.2) is 0 Å². The van der Waals surface area contributed by atoms with Gasteiger partial charge in [0.1, 0.15) is 0 Å². The number of fused-ring (bicyclic) bond motifs is 5. The first kappa shape index (κ1) is 11.1. The Bertz CT molecular complexity index is 439. The molecule has 5 atom stereocenters. The smallest absolute Gasteiger partial charge is 0.00489 e. The molecule has 0 radical (unpaired) electrons. The Morgan fingerprint density at radius 2 is 2.11 bits per heavy atom. The fourth-order valence-electron chi connectivity index (χ4n) is 5.38. The number of hydrogen-bond donors (Lipinski definition) is 0. The zero-order valence-electron chi connectivity index (χ0n) is 11.4. The van der Waals surface area contributed by atoms with Crippen LogP contribution in [-0.2, 0) is 0 Å². The molecule has 2 saturated carbocycles. The number of rotatable bonds is 0. The summed E-state index contributed by atoms with van der Waals surface area (Å²) >= 11 is 0. The van der Waals surface area contributed by atoms with Gasteiger partial charge in [-0.3, -0.25) is 0 Å². The zero-order valence-corrected chi connectivity index (χ0v) is 11.4. The molecule has 2 fully saturated rings. The van der Waals surface area contributed by atoms with Crippen LogP contribution in [-0.4, -0.2) is 0 Å². The van der Waals surface area contributed by atoms with Crippen molar-refractivity contribution in [3.05, 3.63) is 36.0 Å². The van der Waals surface area contributed by atoms with Gasteiger partial charge >= 0.3 is 0 Å². The van der Waals surface area contributed by atoms with Gasteiger partial charge in [0.2, 0.25) is 0 Å². The van der Waals surface area contributed by atoms with E-state index in [-0.39, 0.29) is 0 Å². The lowest BCUT2D eigenvalue weighted by molar-refractivity contribution is 0.0509. The Labute approximate surface area is 111 Å². The molecular formula is C18H24. The van der Waals surface area contributed by atoms with Crippen molar-refractivity contribution in [1.29, 1.82) is 0 Å². The summed E-state index contributed by atoms with van der Waals surface area (Å²) in [7, 11) is 0. The Kier molecular flexibility index (Phi) is 2.37. The third-order valence-electron chi connectivity index (χ3n) is 6.36. The van der Waals surface area contributed by atoms with Gasteiger partial charge in [-0.2, -0.15) is 0 Å². The molecule has 0 aromatic carbocycles. The maximum Gasteiger partial charge on any atom is 0.00489 e. The first-order valence-corrected chi connectivity index (χ1v) is 7.83. The van der Waals surface area contributed by atoms with Crippen molar-refractivity contribution in [1.82, 2.24) is 0 Å². The molecule has 0 aliphatic heterocycles. The van der Waals surface area contributed by atoms with Crippen LogP contribution < -0.4 is 0 Å². The standard InChI is InChI=1S/C18H24/c1-18-11-4-7-17(18)16-9-8-13-5-2-3-6-14(13)15(16)10-12-18/h3,5-6,8-9,14-17H,2,4,7,10-12H2,1H3/t14-,15+,16+,17-,18-/m0/s1. The average molecular weight is 240 g/mol. The predicted molar refractivity (Wildman–Crippen MR) is 76.1 cm³/mol. The van der Waals surface area contributed by atoms with E-state index in [1.807, 2.05) is 0 Å². The Morgan fingerprint density at radius 1 is 1.17 bits per heavy atom. The van der Waals surface area contributed by atoms with E-state index in [1.165, 1.54) is 32.1 Å². The van der Waals surface area contributed by atoms with Gasteiger partial charge in [-0.15, -0.1) is 0 Å². The topological polar surface area (TPSA) is 0 Å². The quantitative estimate of drug-likeness (QED) is 0.529. The van der Waals surface area contributed by atoms with E-state index in [0.29, 0.717) is 5.41 Å². The van der Waals surface area contributed by atoms with Gasteiger partial charge in [0.05, 0.1) is 0 Å². The first-order valence-electron chi connectivity index (χ1n) is 7.83. The fraction of sp³-hybridized carbons (Fsp3) is 0.667. The number of hydrogen-bond acceptors (Lipinski definition) is 0. The van der Waals surface area contributed by atoms with E-state index in [0.717, 1.165) is 30.1 Å². The molecule has 0 spiro atoms. The molecule has 18 heavy (non-hydrogen) atoms. The van der Waals surface area contributed by atoms with Crippen molar-refractivity contribution >= 4 is 0 Å². The monoisotopic (exact) mass is 240 g/mol. The summed E-state index contributed by atoms with van der Waals surface area (Å²) in [6.45, 7) is 2.57. The van der Waals surface area contributed by atoms with Crippen molar-refractivity contribution < 1.29 is 0 Å². The zero-order chi connectivity index (χ0) is 12.2. The summed E-state index contributed by atoms with van der Waals surface area (Å²) in [6, 6.07) is 0. The van der Waals surface area contributed by atoms with Crippen LogP contribution in [0.2, 0.25) is 0 Å². The van der Waals surface area contributed by atoms with Gasteiger partial charge in [0.15, 0.2) is 0 Å². The third-order valence-corrected chi connectivity index (χ3v) is 6.36. The maximum atomic E-state index is 2.58. The minimum absolute atomic E-state index is 0.672. The molecule has 0 unspecified atom stereocenters. The van der Waals surface area contributed by atoms with Crippen molar-refractivity contribution in [2.45, 2.75) is 45.4 Å². The lowest BCUT2D eigenvalue weighted by Crippen LogP contribution is -2.41. The fourth-order valence-corrected chi connectivity index (χ4v) is 5.38. The van der Waals surface area contributed by atoms with E-state index >= 15 is 0 Å². The number of allylic oxidation sites excluding steroid dienone is 6. The average Bonchev–Trinajstić information content (AvgIpc) is 2.80. The predicted octanol–water partition coefficient (Wildman–Crippen LogP) is 4.89. The summed E-state index contributed by atoms with van der Waals surface area (Å²) in [6.07, 6.45) is 20.9. The van der Waals surface area contributed by atoms with E-state index in [2.05, 4.69) is 37.3 Å². The molecule has 0 aromatic rings. The highest BCUT2D eigenvalue weighted by Crippen LogP contribution is 2.59. The lowest BCUT2D eigenvalue weighted by atomic mass is 9.55. The van der Waals surface area contributed by atoms with E-state index in [9.17, 15) is 0 Å². The van der Waals surface area contributed by atoms with E-state index < -0.39 is 0 Å². The van der Waals surface area contributed by atoms with Crippen LogP contribution in [0.5, 0.6) is 0 Å². The second-order valence-electron chi connectivity index (χ2n) is 7.19. The van der Waals surface area contributed by atoms with E-state index in [4.69, 9.17) is 0 Å². The van der Waals surface area contributed by atoms with Crippen LogP contribution in [0.3, 0.4) is 0 Å². The van der Waals surface area contributed by atoms with Crippen LogP contribution in [0.15, 0.2) is 36.0 Å². The highest BCUT2D eigenvalue weighted by atomic mass is 14.5. The summed E-state index contributed by atoms with van der Waals surface area (Å²) in [5.74, 6) is 3.51. The Balaban J connectivity index is 1.71. The molecule has 0 amide bonds. The Hall–Kier alpha value is -0.780. The summed E-state index contributed by atoms with van der Waals surface area (Å²) in [4.78, 5) is 0. The van der Waals surface area contributed by atoms with Gasteiger partial charge in [0, 0.05) is 5.92 Å². The molecular weight excluding hydrogens is 216 g/mol. The minimum Gasteiger partial charge on any atom is -0.0841 e. The summed E-state index contributed by atoms with van der Waals surface area (Å²) in [5, 5.41) is 0. The summed E-state index contributed by atoms with van der Waals surface area (Å²) in [5.41, 5.74) is 2.28. The second-order valence-corrected chi connectivity index (χ2v) is 7.19. The van der Waals surface area contributed by atoms with Crippen LogP contribution in [0.4, 0.5) is 0 Å². The molecule has 0 heteroatoms. The largest absolute Gasteiger partial charge is 0.0841 e. The lowest BCUT2D eigenvalue weighted by Gasteiger charge is -2.49. The molecule has 0 saturated heterocycles.